The van der Waals surface area contributed by atoms with E-state index in [0.717, 1.165) is 17.8 Å². The molecular formula is C12H12N4OS. The second-order valence-electron chi connectivity index (χ2n) is 4.76. The molecule has 1 unspecified atom stereocenters. The first kappa shape index (κ1) is 10.3. The zero-order valence-electron chi connectivity index (χ0n) is 9.93. The van der Waals surface area contributed by atoms with Gasteiger partial charge in [-0.25, -0.2) is 10.0 Å². The van der Waals surface area contributed by atoms with Crippen molar-refractivity contribution in [3.05, 3.63) is 16.0 Å². The average molecular weight is 260 g/mol. The van der Waals surface area contributed by atoms with Crippen LogP contribution in [0.3, 0.4) is 0 Å². The minimum absolute atomic E-state index is 0.0875. The monoisotopic (exact) mass is 260 g/mol. The fraction of sp³-hybridized carbons (Fsp3) is 0.417. The van der Waals surface area contributed by atoms with E-state index in [0.29, 0.717) is 5.71 Å². The summed E-state index contributed by atoms with van der Waals surface area (Å²) in [6.45, 7) is 1.72. The summed E-state index contributed by atoms with van der Waals surface area (Å²) in [4.78, 5) is 17.7. The highest BCUT2D eigenvalue weighted by Gasteiger charge is 2.36. The van der Waals surface area contributed by atoms with Gasteiger partial charge in [-0.05, 0) is 31.7 Å². The second kappa shape index (κ2) is 3.41. The molecule has 1 aliphatic carbocycles. The van der Waals surface area contributed by atoms with Gasteiger partial charge in [0.2, 0.25) is 0 Å². The zero-order valence-corrected chi connectivity index (χ0v) is 10.8. The first-order valence-corrected chi connectivity index (χ1v) is 6.89. The molecule has 0 saturated heterocycles. The predicted octanol–water partition coefficient (Wildman–Crippen LogP) is 1.72. The Labute approximate surface area is 108 Å². The zero-order chi connectivity index (χ0) is 12.3. The topological polar surface area (TPSA) is 57.1 Å². The van der Waals surface area contributed by atoms with Crippen molar-refractivity contribution in [1.29, 1.82) is 0 Å². The van der Waals surface area contributed by atoms with Gasteiger partial charge in [0.25, 0.3) is 5.91 Å². The van der Waals surface area contributed by atoms with Crippen LogP contribution in [-0.2, 0) is 17.6 Å². The Morgan fingerprint density at radius 1 is 1.50 bits per heavy atom. The molecule has 0 spiro atoms. The van der Waals surface area contributed by atoms with Gasteiger partial charge in [-0.3, -0.25) is 4.79 Å². The molecule has 0 aromatic carbocycles. The minimum atomic E-state index is -0.160. The van der Waals surface area contributed by atoms with Crippen LogP contribution in [-0.4, -0.2) is 23.0 Å². The summed E-state index contributed by atoms with van der Waals surface area (Å²) in [6.07, 6.45) is 5.00. The van der Waals surface area contributed by atoms with Gasteiger partial charge >= 0.3 is 0 Å². The van der Waals surface area contributed by atoms with Crippen LogP contribution in [0.15, 0.2) is 10.1 Å². The molecule has 3 heterocycles. The van der Waals surface area contributed by atoms with Gasteiger partial charge in [0.15, 0.2) is 6.17 Å². The normalized spacial score (nSPS) is 24.3. The smallest absolute Gasteiger partial charge is 0.269 e. The summed E-state index contributed by atoms with van der Waals surface area (Å²) in [7, 11) is 0. The lowest BCUT2D eigenvalue weighted by Gasteiger charge is -2.33. The van der Waals surface area contributed by atoms with Crippen molar-refractivity contribution in [2.75, 3.05) is 0 Å². The van der Waals surface area contributed by atoms with E-state index in [4.69, 9.17) is 0 Å². The summed E-state index contributed by atoms with van der Waals surface area (Å²) >= 11 is 1.76. The summed E-state index contributed by atoms with van der Waals surface area (Å²) in [6, 6.07) is 0. The summed E-state index contributed by atoms with van der Waals surface area (Å²) < 4.78 is 0. The third-order valence-corrected chi connectivity index (χ3v) is 4.85. The van der Waals surface area contributed by atoms with Crippen LogP contribution >= 0.6 is 11.3 Å². The van der Waals surface area contributed by atoms with Gasteiger partial charge in [0.1, 0.15) is 17.1 Å². The van der Waals surface area contributed by atoms with E-state index in [1.807, 2.05) is 0 Å². The molecule has 1 amide bonds. The van der Waals surface area contributed by atoms with Crippen molar-refractivity contribution in [2.45, 2.75) is 32.4 Å². The molecule has 0 bridgehead atoms. The Balaban J connectivity index is 1.87. The van der Waals surface area contributed by atoms with Gasteiger partial charge in [0.05, 0.1) is 0 Å². The first-order chi connectivity index (χ1) is 8.74. The Bertz CT molecular complexity index is 616. The molecule has 6 heteroatoms. The average Bonchev–Trinajstić information content (AvgIpc) is 2.90. The summed E-state index contributed by atoms with van der Waals surface area (Å²) in [5, 5.41) is 10.1. The number of hydrogen-bond donors (Lipinski definition) is 1. The van der Waals surface area contributed by atoms with Crippen molar-refractivity contribution in [3.8, 4) is 0 Å². The fourth-order valence-electron chi connectivity index (χ4n) is 2.77. The number of nitrogens with zero attached hydrogens (tertiary/aromatic N) is 3. The number of thiophene rings is 1. The van der Waals surface area contributed by atoms with Crippen LogP contribution in [0.2, 0.25) is 0 Å². The van der Waals surface area contributed by atoms with E-state index in [9.17, 15) is 4.79 Å². The predicted molar refractivity (Wildman–Crippen MR) is 70.3 cm³/mol. The molecule has 5 nitrogen and oxygen atoms in total. The molecule has 18 heavy (non-hydrogen) atoms. The molecule has 3 aliphatic rings. The highest BCUT2D eigenvalue weighted by Crippen LogP contribution is 2.46. The number of amides is 1. The largest absolute Gasteiger partial charge is 0.325 e. The molecule has 0 radical (unpaired) electrons. The van der Waals surface area contributed by atoms with Gasteiger partial charge in [-0.2, -0.15) is 5.10 Å². The number of hydrazone groups is 1. The number of carbonyl (C=O) groups is 1. The Morgan fingerprint density at radius 2 is 2.39 bits per heavy atom. The van der Waals surface area contributed by atoms with Gasteiger partial charge in [-0.15, -0.1) is 11.3 Å². The summed E-state index contributed by atoms with van der Waals surface area (Å²) in [5.74, 6) is -0.0875. The standard InChI is InChI=1S/C12H12N4OS/c1-6-11(17)14-10-9-7-3-2-4-8(7)18-12(9)13-5-16(10)15-6/h5,10H,2-4H2,1H3,(H,14,17). The van der Waals surface area contributed by atoms with Crippen molar-refractivity contribution in [1.82, 2.24) is 10.3 Å². The summed E-state index contributed by atoms with van der Waals surface area (Å²) in [5.41, 5.74) is 3.03. The van der Waals surface area contributed by atoms with Crippen LogP contribution in [0.25, 0.3) is 0 Å². The molecule has 2 aliphatic heterocycles. The van der Waals surface area contributed by atoms with E-state index in [1.54, 1.807) is 29.6 Å². The van der Waals surface area contributed by atoms with E-state index in [2.05, 4.69) is 15.4 Å². The molecule has 4 rings (SSSR count). The number of rotatable bonds is 0. The lowest BCUT2D eigenvalue weighted by atomic mass is 10.1. The molecule has 0 fully saturated rings. The Kier molecular flexibility index (Phi) is 1.94. The lowest BCUT2D eigenvalue weighted by Crippen LogP contribution is -2.47. The number of carbonyl (C=O) groups excluding carboxylic acids is 1. The van der Waals surface area contributed by atoms with Crippen molar-refractivity contribution >= 4 is 34.3 Å². The van der Waals surface area contributed by atoms with E-state index in [-0.39, 0.29) is 12.1 Å². The maximum absolute atomic E-state index is 11.8. The number of hydrogen-bond acceptors (Lipinski definition) is 5. The van der Waals surface area contributed by atoms with Crippen LogP contribution < -0.4 is 5.32 Å². The lowest BCUT2D eigenvalue weighted by molar-refractivity contribution is -0.117. The molecular weight excluding hydrogens is 248 g/mol. The molecule has 1 atom stereocenters. The molecule has 92 valence electrons. The first-order valence-electron chi connectivity index (χ1n) is 6.07. The maximum atomic E-state index is 11.8. The Morgan fingerprint density at radius 3 is 3.28 bits per heavy atom. The van der Waals surface area contributed by atoms with Crippen molar-refractivity contribution in [3.63, 3.8) is 0 Å². The molecule has 1 N–H and O–H groups in total. The molecule has 0 saturated carbocycles. The number of fused-ring (bicyclic) bond motifs is 5. The van der Waals surface area contributed by atoms with Gasteiger partial charge < -0.3 is 5.32 Å². The molecule has 1 aromatic rings. The third-order valence-electron chi connectivity index (χ3n) is 3.64. The quantitative estimate of drug-likeness (QED) is 0.772. The van der Waals surface area contributed by atoms with Crippen molar-refractivity contribution in [2.24, 2.45) is 10.1 Å². The Hall–Kier alpha value is -1.69. The number of aryl methyl sites for hydroxylation is 1. The van der Waals surface area contributed by atoms with E-state index >= 15 is 0 Å². The third kappa shape index (κ3) is 1.23. The molecule has 1 aromatic heterocycles. The maximum Gasteiger partial charge on any atom is 0.269 e. The highest BCUT2D eigenvalue weighted by atomic mass is 32.1. The van der Waals surface area contributed by atoms with Gasteiger partial charge in [-0.1, -0.05) is 0 Å². The van der Waals surface area contributed by atoms with Crippen LogP contribution in [0, 0.1) is 0 Å². The van der Waals surface area contributed by atoms with Crippen molar-refractivity contribution < 1.29 is 4.79 Å². The highest BCUT2D eigenvalue weighted by molar-refractivity contribution is 7.16. The van der Waals surface area contributed by atoms with E-state index in [1.165, 1.54) is 22.4 Å². The number of aliphatic imine (C=N–C) groups is 1. The SMILES string of the molecule is CC1=NN2C=Nc3sc4c(c3C2NC1=O)CCC4. The van der Waals surface area contributed by atoms with Gasteiger partial charge in [0, 0.05) is 10.4 Å². The second-order valence-corrected chi connectivity index (χ2v) is 5.85. The fourth-order valence-corrected chi connectivity index (χ4v) is 4.03. The van der Waals surface area contributed by atoms with Crippen LogP contribution in [0.5, 0.6) is 0 Å². The minimum Gasteiger partial charge on any atom is -0.325 e. The van der Waals surface area contributed by atoms with Crippen LogP contribution in [0.1, 0.15) is 35.5 Å². The van der Waals surface area contributed by atoms with Crippen LogP contribution in [0.4, 0.5) is 5.00 Å². The number of nitrogens with one attached hydrogen (secondary N) is 1. The van der Waals surface area contributed by atoms with E-state index < -0.39 is 0 Å².